The Hall–Kier alpha value is -2.28. The van der Waals surface area contributed by atoms with Gasteiger partial charge < -0.3 is 15.0 Å². The van der Waals surface area contributed by atoms with E-state index in [1.807, 2.05) is 0 Å². The van der Waals surface area contributed by atoms with E-state index in [1.165, 1.54) is 12.1 Å². The molecule has 1 aromatic heterocycles. The molecule has 1 amide bonds. The summed E-state index contributed by atoms with van der Waals surface area (Å²) in [6.07, 6.45) is 0.719. The number of hydrogen-bond acceptors (Lipinski definition) is 4. The second kappa shape index (κ2) is 7.53. The molecule has 2 heterocycles. The summed E-state index contributed by atoms with van der Waals surface area (Å²) in [6, 6.07) is 4.39. The van der Waals surface area contributed by atoms with Crippen molar-refractivity contribution in [2.24, 2.45) is 0 Å². The number of esters is 1. The standard InChI is InChI=1S/C19H21FN2O3S/c1-4-25-19(24)16-10(2)17(21-11(16)3)18(23)22-14-7-8-26-15-6-5-12(20)9-13(14)15/h5-6,9,14,21H,4,7-8H2,1-3H3,(H,22,23)/t14-/m1/s1. The fourth-order valence-corrected chi connectivity index (χ4v) is 4.34. The Morgan fingerprint density at radius 3 is 2.88 bits per heavy atom. The normalized spacial score (nSPS) is 16.1. The van der Waals surface area contributed by atoms with Crippen molar-refractivity contribution in [3.05, 3.63) is 52.1 Å². The fourth-order valence-electron chi connectivity index (χ4n) is 3.23. The number of aromatic amines is 1. The van der Waals surface area contributed by atoms with Crippen molar-refractivity contribution in [1.29, 1.82) is 0 Å². The van der Waals surface area contributed by atoms with Gasteiger partial charge in [-0.1, -0.05) is 0 Å². The Balaban J connectivity index is 1.85. The SMILES string of the molecule is CCOC(=O)c1c(C)[nH]c(C(=O)N[C@@H]2CCSc3ccc(F)cc32)c1C. The molecule has 2 N–H and O–H groups in total. The summed E-state index contributed by atoms with van der Waals surface area (Å²) in [5, 5.41) is 2.97. The highest BCUT2D eigenvalue weighted by atomic mass is 32.2. The van der Waals surface area contributed by atoms with Crippen LogP contribution >= 0.6 is 11.8 Å². The second-order valence-electron chi connectivity index (χ2n) is 6.19. The molecule has 2 aromatic rings. The smallest absolute Gasteiger partial charge is 0.340 e. The Morgan fingerprint density at radius 1 is 1.38 bits per heavy atom. The summed E-state index contributed by atoms with van der Waals surface area (Å²) in [5.41, 5.74) is 2.67. The maximum absolute atomic E-state index is 13.6. The van der Waals surface area contributed by atoms with Crippen LogP contribution in [-0.4, -0.2) is 29.2 Å². The number of aromatic nitrogens is 1. The summed E-state index contributed by atoms with van der Waals surface area (Å²) in [5.74, 6) is -0.227. The third kappa shape index (κ3) is 3.49. The maximum atomic E-state index is 13.6. The van der Waals surface area contributed by atoms with Crippen molar-refractivity contribution < 1.29 is 18.7 Å². The van der Waals surface area contributed by atoms with E-state index in [1.54, 1.807) is 38.6 Å². The van der Waals surface area contributed by atoms with Crippen LogP contribution < -0.4 is 5.32 Å². The zero-order valence-electron chi connectivity index (χ0n) is 14.9. The number of aryl methyl sites for hydroxylation is 1. The number of hydrogen-bond donors (Lipinski definition) is 2. The minimum atomic E-state index is -0.445. The molecular formula is C19H21FN2O3S. The molecule has 1 aliphatic rings. The summed E-state index contributed by atoms with van der Waals surface area (Å²) < 4.78 is 18.7. The summed E-state index contributed by atoms with van der Waals surface area (Å²) >= 11 is 1.66. The van der Waals surface area contributed by atoms with E-state index in [-0.39, 0.29) is 24.4 Å². The summed E-state index contributed by atoms with van der Waals surface area (Å²) in [4.78, 5) is 28.8. The zero-order chi connectivity index (χ0) is 18.8. The molecule has 0 aliphatic carbocycles. The molecular weight excluding hydrogens is 355 g/mol. The first-order chi connectivity index (χ1) is 12.4. The Labute approximate surface area is 155 Å². The third-order valence-corrected chi connectivity index (χ3v) is 5.58. The molecule has 0 spiro atoms. The van der Waals surface area contributed by atoms with Crippen molar-refractivity contribution in [2.75, 3.05) is 12.4 Å². The highest BCUT2D eigenvalue weighted by molar-refractivity contribution is 7.99. The van der Waals surface area contributed by atoms with Gasteiger partial charge in [0.15, 0.2) is 0 Å². The van der Waals surface area contributed by atoms with Crippen molar-refractivity contribution >= 4 is 23.6 Å². The number of carbonyl (C=O) groups excluding carboxylic acids is 2. The first kappa shape index (κ1) is 18.5. The molecule has 0 saturated carbocycles. The predicted molar refractivity (Wildman–Crippen MR) is 98.2 cm³/mol. The van der Waals surface area contributed by atoms with Gasteiger partial charge in [-0.25, -0.2) is 9.18 Å². The lowest BCUT2D eigenvalue weighted by Crippen LogP contribution is -2.31. The quantitative estimate of drug-likeness (QED) is 0.794. The number of thioether (sulfide) groups is 1. The lowest BCUT2D eigenvalue weighted by molar-refractivity contribution is 0.0525. The molecule has 3 rings (SSSR count). The van der Waals surface area contributed by atoms with E-state index in [2.05, 4.69) is 10.3 Å². The van der Waals surface area contributed by atoms with Crippen LogP contribution in [-0.2, 0) is 4.74 Å². The largest absolute Gasteiger partial charge is 0.462 e. The average Bonchev–Trinajstić information content (AvgIpc) is 2.90. The monoisotopic (exact) mass is 376 g/mol. The third-order valence-electron chi connectivity index (χ3n) is 4.46. The van der Waals surface area contributed by atoms with Crippen LogP contribution in [0.3, 0.4) is 0 Å². The van der Waals surface area contributed by atoms with Crippen LogP contribution in [0.2, 0.25) is 0 Å². The molecule has 1 aliphatic heterocycles. The topological polar surface area (TPSA) is 71.2 Å². The fraction of sp³-hybridized carbons (Fsp3) is 0.368. The zero-order valence-corrected chi connectivity index (χ0v) is 15.8. The van der Waals surface area contributed by atoms with Gasteiger partial charge in [0.2, 0.25) is 0 Å². The van der Waals surface area contributed by atoms with E-state index in [4.69, 9.17) is 4.74 Å². The number of H-pyrrole nitrogens is 1. The first-order valence-corrected chi connectivity index (χ1v) is 9.50. The second-order valence-corrected chi connectivity index (χ2v) is 7.33. The molecule has 0 radical (unpaired) electrons. The van der Waals surface area contributed by atoms with Gasteiger partial charge in [-0.05, 0) is 56.5 Å². The van der Waals surface area contributed by atoms with Gasteiger partial charge in [-0.2, -0.15) is 0 Å². The van der Waals surface area contributed by atoms with Crippen molar-refractivity contribution in [1.82, 2.24) is 10.3 Å². The molecule has 5 nitrogen and oxygen atoms in total. The summed E-state index contributed by atoms with van der Waals surface area (Å²) in [7, 11) is 0. The number of halogens is 1. The van der Waals surface area contributed by atoms with E-state index in [0.29, 0.717) is 22.5 Å². The molecule has 0 unspecified atom stereocenters. The van der Waals surface area contributed by atoms with Crippen LogP contribution in [0.5, 0.6) is 0 Å². The number of fused-ring (bicyclic) bond motifs is 1. The van der Waals surface area contributed by atoms with E-state index in [9.17, 15) is 14.0 Å². The molecule has 7 heteroatoms. The number of nitrogens with one attached hydrogen (secondary N) is 2. The Bertz CT molecular complexity index is 863. The minimum absolute atomic E-state index is 0.261. The number of benzene rings is 1. The number of amides is 1. The molecule has 26 heavy (non-hydrogen) atoms. The van der Waals surface area contributed by atoms with E-state index >= 15 is 0 Å². The van der Waals surface area contributed by atoms with Crippen molar-refractivity contribution in [2.45, 2.75) is 38.1 Å². The van der Waals surface area contributed by atoms with Crippen molar-refractivity contribution in [3.8, 4) is 0 Å². The van der Waals surface area contributed by atoms with Crippen LogP contribution in [0.25, 0.3) is 0 Å². The Morgan fingerprint density at radius 2 is 2.15 bits per heavy atom. The van der Waals surface area contributed by atoms with Crippen LogP contribution in [0.4, 0.5) is 4.39 Å². The van der Waals surface area contributed by atoms with Gasteiger partial charge in [0, 0.05) is 16.3 Å². The first-order valence-electron chi connectivity index (χ1n) is 8.51. The molecule has 0 saturated heterocycles. The maximum Gasteiger partial charge on any atom is 0.340 e. The minimum Gasteiger partial charge on any atom is -0.462 e. The van der Waals surface area contributed by atoms with Gasteiger partial charge in [-0.3, -0.25) is 4.79 Å². The average molecular weight is 376 g/mol. The molecule has 0 fully saturated rings. The van der Waals surface area contributed by atoms with Gasteiger partial charge in [0.05, 0.1) is 18.2 Å². The summed E-state index contributed by atoms with van der Waals surface area (Å²) in [6.45, 7) is 5.46. The molecule has 1 atom stereocenters. The highest BCUT2D eigenvalue weighted by Crippen LogP contribution is 2.36. The number of rotatable bonds is 4. The number of carbonyl (C=O) groups is 2. The van der Waals surface area contributed by atoms with Gasteiger partial charge in [0.1, 0.15) is 11.5 Å². The molecule has 0 bridgehead atoms. The number of ether oxygens (including phenoxy) is 1. The molecule has 1 aromatic carbocycles. The van der Waals surface area contributed by atoms with Crippen molar-refractivity contribution in [3.63, 3.8) is 0 Å². The lowest BCUT2D eigenvalue weighted by atomic mass is 10.0. The predicted octanol–water partition coefficient (Wildman–Crippen LogP) is 3.91. The lowest BCUT2D eigenvalue weighted by Gasteiger charge is -2.26. The van der Waals surface area contributed by atoms with Gasteiger partial charge in [0.25, 0.3) is 5.91 Å². The Kier molecular flexibility index (Phi) is 5.36. The van der Waals surface area contributed by atoms with Gasteiger partial charge in [-0.15, -0.1) is 11.8 Å². The van der Waals surface area contributed by atoms with Gasteiger partial charge >= 0.3 is 5.97 Å². The van der Waals surface area contributed by atoms with E-state index < -0.39 is 5.97 Å². The molecule has 138 valence electrons. The van der Waals surface area contributed by atoms with E-state index in [0.717, 1.165) is 22.6 Å². The van der Waals surface area contributed by atoms with Crippen LogP contribution in [0, 0.1) is 19.7 Å². The van der Waals surface area contributed by atoms with Crippen LogP contribution in [0.1, 0.15) is 57.1 Å². The highest BCUT2D eigenvalue weighted by Gasteiger charge is 2.27. The van der Waals surface area contributed by atoms with Crippen LogP contribution in [0.15, 0.2) is 23.1 Å².